The van der Waals surface area contributed by atoms with Crippen LogP contribution in [0.1, 0.15) is 23.2 Å². The quantitative estimate of drug-likeness (QED) is 0.659. The Kier molecular flexibility index (Phi) is 2.85. The first-order chi connectivity index (χ1) is 9.61. The number of carbonyl (C=O) groups excluding carboxylic acids is 3. The maximum atomic E-state index is 12.3. The lowest BCUT2D eigenvalue weighted by molar-refractivity contribution is -0.125. The first kappa shape index (κ1) is 12.5. The molecule has 2 aliphatic heterocycles. The Morgan fingerprint density at radius 1 is 1.35 bits per heavy atom. The van der Waals surface area contributed by atoms with Gasteiger partial charge in [0.05, 0.1) is 24.5 Å². The molecule has 8 nitrogen and oxygen atoms in total. The van der Waals surface area contributed by atoms with Crippen molar-refractivity contribution >= 4 is 17.8 Å². The number of imide groups is 1. The predicted octanol–water partition coefficient (Wildman–Crippen LogP) is -0.709. The number of carbonyl (C=O) groups is 3. The van der Waals surface area contributed by atoms with Gasteiger partial charge in [-0.2, -0.15) is 10.2 Å². The van der Waals surface area contributed by atoms with Crippen LogP contribution in [0.2, 0.25) is 0 Å². The third-order valence-corrected chi connectivity index (χ3v) is 3.63. The third-order valence-electron chi connectivity index (χ3n) is 3.63. The van der Waals surface area contributed by atoms with Gasteiger partial charge in [-0.15, -0.1) is 0 Å². The summed E-state index contributed by atoms with van der Waals surface area (Å²) in [5, 5.41) is 12.2. The van der Waals surface area contributed by atoms with Crippen molar-refractivity contribution in [3.05, 3.63) is 24.0 Å². The minimum atomic E-state index is -0.995. The maximum Gasteiger partial charge on any atom is 0.322 e. The molecule has 3 rings (SSSR count). The van der Waals surface area contributed by atoms with Crippen LogP contribution < -0.4 is 10.6 Å². The molecule has 104 valence electrons. The van der Waals surface area contributed by atoms with Crippen molar-refractivity contribution in [1.29, 1.82) is 0 Å². The Balaban J connectivity index is 1.81. The Morgan fingerprint density at radius 2 is 2.20 bits per heavy atom. The van der Waals surface area contributed by atoms with E-state index >= 15 is 0 Å². The fourth-order valence-corrected chi connectivity index (χ4v) is 2.64. The van der Waals surface area contributed by atoms with Gasteiger partial charge in [0, 0.05) is 6.54 Å². The maximum absolute atomic E-state index is 12.3. The highest BCUT2D eigenvalue weighted by Crippen LogP contribution is 2.25. The van der Waals surface area contributed by atoms with Gasteiger partial charge in [-0.1, -0.05) is 0 Å². The van der Waals surface area contributed by atoms with Crippen molar-refractivity contribution in [2.75, 3.05) is 13.1 Å². The van der Waals surface area contributed by atoms with Gasteiger partial charge in [0.25, 0.3) is 11.8 Å². The van der Waals surface area contributed by atoms with Crippen LogP contribution in [0.3, 0.4) is 0 Å². The molecule has 0 radical (unpaired) electrons. The molecule has 2 saturated heterocycles. The Hall–Kier alpha value is -2.51. The van der Waals surface area contributed by atoms with Gasteiger partial charge in [-0.05, 0) is 18.9 Å². The van der Waals surface area contributed by atoms with Gasteiger partial charge in [0.2, 0.25) is 0 Å². The monoisotopic (exact) mass is 275 g/mol. The SMILES string of the molecule is O=C1NC(=O)C2(CCCN(C(=O)c3ccnnc3)C2)N1. The van der Waals surface area contributed by atoms with E-state index in [-0.39, 0.29) is 18.4 Å². The molecule has 2 aliphatic rings. The zero-order valence-corrected chi connectivity index (χ0v) is 10.6. The van der Waals surface area contributed by atoms with Crippen molar-refractivity contribution in [3.63, 3.8) is 0 Å². The Labute approximate surface area is 114 Å². The summed E-state index contributed by atoms with van der Waals surface area (Å²) in [7, 11) is 0. The van der Waals surface area contributed by atoms with Crippen LogP contribution >= 0.6 is 0 Å². The second-order valence-corrected chi connectivity index (χ2v) is 4.95. The molecule has 0 aromatic carbocycles. The standard InChI is InChI=1S/C12H13N5O3/c18-9(8-2-4-13-14-6-8)17-5-1-3-12(7-17)10(19)15-11(20)16-12/h2,4,6H,1,3,5,7H2,(H2,15,16,19,20). The van der Waals surface area contributed by atoms with Crippen molar-refractivity contribution in [2.45, 2.75) is 18.4 Å². The van der Waals surface area contributed by atoms with Crippen molar-refractivity contribution in [2.24, 2.45) is 0 Å². The molecule has 0 aliphatic carbocycles. The smallest absolute Gasteiger partial charge is 0.322 e. The number of rotatable bonds is 1. The summed E-state index contributed by atoms with van der Waals surface area (Å²) in [6, 6.07) is 1.07. The van der Waals surface area contributed by atoms with E-state index < -0.39 is 11.6 Å². The average molecular weight is 275 g/mol. The zero-order valence-electron chi connectivity index (χ0n) is 10.6. The van der Waals surface area contributed by atoms with E-state index in [1.54, 1.807) is 11.0 Å². The van der Waals surface area contributed by atoms with E-state index in [0.29, 0.717) is 24.9 Å². The topological polar surface area (TPSA) is 104 Å². The van der Waals surface area contributed by atoms with Crippen LogP contribution in [0.5, 0.6) is 0 Å². The molecule has 1 unspecified atom stereocenters. The normalized spacial score (nSPS) is 25.5. The van der Waals surface area contributed by atoms with E-state index in [2.05, 4.69) is 20.8 Å². The van der Waals surface area contributed by atoms with E-state index in [9.17, 15) is 14.4 Å². The second kappa shape index (κ2) is 4.55. The summed E-state index contributed by atoms with van der Waals surface area (Å²) in [4.78, 5) is 37.1. The summed E-state index contributed by atoms with van der Waals surface area (Å²) in [6.07, 6.45) is 4.01. The summed E-state index contributed by atoms with van der Waals surface area (Å²) in [5.74, 6) is -0.583. The molecule has 0 saturated carbocycles. The van der Waals surface area contributed by atoms with E-state index in [1.807, 2.05) is 0 Å². The number of urea groups is 1. The number of piperidine rings is 1. The third kappa shape index (κ3) is 1.98. The zero-order chi connectivity index (χ0) is 14.2. The molecule has 1 spiro atoms. The molecular formula is C12H13N5O3. The molecule has 20 heavy (non-hydrogen) atoms. The molecule has 2 N–H and O–H groups in total. The second-order valence-electron chi connectivity index (χ2n) is 4.95. The molecule has 1 atom stereocenters. The van der Waals surface area contributed by atoms with Gasteiger partial charge in [-0.25, -0.2) is 4.79 Å². The van der Waals surface area contributed by atoms with Gasteiger partial charge < -0.3 is 10.2 Å². The van der Waals surface area contributed by atoms with Crippen LogP contribution in [-0.2, 0) is 4.79 Å². The fraction of sp³-hybridized carbons (Fsp3) is 0.417. The number of aromatic nitrogens is 2. The fourth-order valence-electron chi connectivity index (χ4n) is 2.64. The van der Waals surface area contributed by atoms with Crippen LogP contribution in [0.25, 0.3) is 0 Å². The van der Waals surface area contributed by atoms with Crippen LogP contribution in [0.15, 0.2) is 18.5 Å². The molecule has 1 aromatic heterocycles. The molecule has 0 bridgehead atoms. The summed E-state index contributed by atoms with van der Waals surface area (Å²) in [6.45, 7) is 0.720. The lowest BCUT2D eigenvalue weighted by Crippen LogP contribution is -2.59. The average Bonchev–Trinajstić information content (AvgIpc) is 2.73. The highest BCUT2D eigenvalue weighted by Gasteiger charge is 2.49. The first-order valence-corrected chi connectivity index (χ1v) is 6.30. The highest BCUT2D eigenvalue weighted by molar-refractivity contribution is 6.07. The minimum Gasteiger partial charge on any atom is -0.336 e. The van der Waals surface area contributed by atoms with Crippen LogP contribution in [0, 0.1) is 0 Å². The van der Waals surface area contributed by atoms with E-state index in [1.165, 1.54) is 12.4 Å². The van der Waals surface area contributed by atoms with Crippen LogP contribution in [0.4, 0.5) is 4.79 Å². The highest BCUT2D eigenvalue weighted by atomic mass is 16.2. The lowest BCUT2D eigenvalue weighted by atomic mass is 9.89. The number of amides is 4. The largest absolute Gasteiger partial charge is 0.336 e. The predicted molar refractivity (Wildman–Crippen MR) is 66.6 cm³/mol. The van der Waals surface area contributed by atoms with Crippen molar-refractivity contribution in [3.8, 4) is 0 Å². The van der Waals surface area contributed by atoms with E-state index in [0.717, 1.165) is 0 Å². The first-order valence-electron chi connectivity index (χ1n) is 6.30. The van der Waals surface area contributed by atoms with Gasteiger partial charge in [0.1, 0.15) is 5.54 Å². The van der Waals surface area contributed by atoms with Gasteiger partial charge in [0.15, 0.2) is 0 Å². The molecular weight excluding hydrogens is 262 g/mol. The van der Waals surface area contributed by atoms with Crippen molar-refractivity contribution in [1.82, 2.24) is 25.7 Å². The number of nitrogens with zero attached hydrogens (tertiary/aromatic N) is 3. The lowest BCUT2D eigenvalue weighted by Gasteiger charge is -2.37. The number of hydrogen-bond acceptors (Lipinski definition) is 5. The number of hydrogen-bond donors (Lipinski definition) is 2. The summed E-state index contributed by atoms with van der Waals surface area (Å²) in [5.41, 5.74) is -0.576. The van der Waals surface area contributed by atoms with Gasteiger partial charge >= 0.3 is 6.03 Å². The minimum absolute atomic E-state index is 0.172. The summed E-state index contributed by atoms with van der Waals surface area (Å²) < 4.78 is 0. The Morgan fingerprint density at radius 3 is 2.85 bits per heavy atom. The van der Waals surface area contributed by atoms with Crippen LogP contribution in [-0.4, -0.2) is 51.6 Å². The van der Waals surface area contributed by atoms with Gasteiger partial charge in [-0.3, -0.25) is 14.9 Å². The van der Waals surface area contributed by atoms with Crippen molar-refractivity contribution < 1.29 is 14.4 Å². The molecule has 1 aromatic rings. The Bertz CT molecular complexity index is 576. The molecule has 2 fully saturated rings. The van der Waals surface area contributed by atoms with E-state index in [4.69, 9.17) is 0 Å². The molecule has 4 amide bonds. The number of nitrogens with one attached hydrogen (secondary N) is 2. The number of likely N-dealkylation sites (tertiary alicyclic amines) is 1. The molecule has 8 heteroatoms. The molecule has 3 heterocycles. The summed E-state index contributed by atoms with van der Waals surface area (Å²) >= 11 is 0.